The summed E-state index contributed by atoms with van der Waals surface area (Å²) in [5.74, 6) is -1.70. The Labute approximate surface area is 164 Å². The predicted octanol–water partition coefficient (Wildman–Crippen LogP) is 2.87. The summed E-state index contributed by atoms with van der Waals surface area (Å²) in [6, 6.07) is 8.78. The van der Waals surface area contributed by atoms with Gasteiger partial charge in [-0.3, -0.25) is 9.63 Å². The second-order valence-electron chi connectivity index (χ2n) is 6.42. The molecule has 0 aliphatic carbocycles. The molecule has 1 aromatic rings. The molecule has 1 aliphatic heterocycles. The van der Waals surface area contributed by atoms with Crippen LogP contribution >= 0.6 is 0 Å². The second-order valence-corrected chi connectivity index (χ2v) is 6.42. The van der Waals surface area contributed by atoms with Gasteiger partial charge in [-0.2, -0.15) is 0 Å². The van der Waals surface area contributed by atoms with Crippen LogP contribution in [-0.4, -0.2) is 54.9 Å². The van der Waals surface area contributed by atoms with E-state index in [1.165, 1.54) is 18.9 Å². The number of benzene rings is 1. The van der Waals surface area contributed by atoms with E-state index in [4.69, 9.17) is 14.3 Å². The van der Waals surface area contributed by atoms with Gasteiger partial charge in [0, 0.05) is 6.54 Å². The van der Waals surface area contributed by atoms with Crippen LogP contribution < -0.4 is 0 Å². The first-order valence-corrected chi connectivity index (χ1v) is 9.31. The molecule has 0 N–H and O–H groups in total. The number of methoxy groups -OCH3 is 1. The summed E-state index contributed by atoms with van der Waals surface area (Å²) < 4.78 is 9.81. The van der Waals surface area contributed by atoms with Crippen molar-refractivity contribution < 1.29 is 28.7 Å². The third-order valence-corrected chi connectivity index (χ3v) is 4.61. The number of oxime groups is 1. The Hall–Kier alpha value is -2.90. The first kappa shape index (κ1) is 21.4. The average molecular weight is 390 g/mol. The lowest BCUT2D eigenvalue weighted by Gasteiger charge is -2.38. The molecule has 2 rings (SSSR count). The van der Waals surface area contributed by atoms with Crippen molar-refractivity contribution in [3.8, 4) is 0 Å². The van der Waals surface area contributed by atoms with Crippen molar-refractivity contribution in [2.45, 2.75) is 45.1 Å². The number of likely N-dealkylation sites (tertiary alicyclic amines) is 1. The molecule has 1 aromatic carbocycles. The number of amides is 1. The van der Waals surface area contributed by atoms with Crippen molar-refractivity contribution in [2.75, 3.05) is 20.3 Å². The Balaban J connectivity index is 2.21. The summed E-state index contributed by atoms with van der Waals surface area (Å²) in [7, 11) is 1.33. The van der Waals surface area contributed by atoms with E-state index in [0.717, 1.165) is 18.4 Å². The number of esters is 2. The topological polar surface area (TPSA) is 94.5 Å². The zero-order chi connectivity index (χ0) is 20.5. The molecule has 1 aliphatic rings. The molecule has 152 valence electrons. The normalized spacial score (nSPS) is 18.2. The van der Waals surface area contributed by atoms with Crippen LogP contribution in [-0.2, 0) is 23.9 Å². The van der Waals surface area contributed by atoms with E-state index in [2.05, 4.69) is 5.16 Å². The van der Waals surface area contributed by atoms with Crippen LogP contribution in [0.3, 0.4) is 0 Å². The van der Waals surface area contributed by atoms with Gasteiger partial charge in [0.1, 0.15) is 5.92 Å². The second kappa shape index (κ2) is 10.4. The summed E-state index contributed by atoms with van der Waals surface area (Å²) in [5.41, 5.74) is 0.710. The van der Waals surface area contributed by atoms with Gasteiger partial charge in [-0.05, 0) is 38.7 Å². The first-order chi connectivity index (χ1) is 13.5. The van der Waals surface area contributed by atoms with Crippen molar-refractivity contribution in [1.29, 1.82) is 0 Å². The molecule has 0 saturated carbocycles. The zero-order valence-corrected chi connectivity index (χ0v) is 16.4. The SMILES string of the molecule is CCOC(=O)/C(C)=N/OC(=O)N1CCCCC1C(C(=O)OC)c1ccccc1. The van der Waals surface area contributed by atoms with Crippen LogP contribution in [0.15, 0.2) is 35.5 Å². The van der Waals surface area contributed by atoms with E-state index in [0.29, 0.717) is 13.0 Å². The molecule has 8 nitrogen and oxygen atoms in total. The molecule has 1 amide bonds. The summed E-state index contributed by atoms with van der Waals surface area (Å²) in [6.45, 7) is 3.70. The predicted molar refractivity (Wildman–Crippen MR) is 102 cm³/mol. The summed E-state index contributed by atoms with van der Waals surface area (Å²) in [5, 5.41) is 3.58. The highest BCUT2D eigenvalue weighted by Gasteiger charge is 2.39. The zero-order valence-electron chi connectivity index (χ0n) is 16.4. The van der Waals surface area contributed by atoms with E-state index in [-0.39, 0.29) is 12.3 Å². The number of nitrogens with zero attached hydrogens (tertiary/aromatic N) is 2. The first-order valence-electron chi connectivity index (χ1n) is 9.31. The maximum absolute atomic E-state index is 12.6. The van der Waals surface area contributed by atoms with Gasteiger partial charge in [0.05, 0.1) is 19.8 Å². The van der Waals surface area contributed by atoms with Gasteiger partial charge in [-0.15, -0.1) is 0 Å². The summed E-state index contributed by atoms with van der Waals surface area (Å²) in [4.78, 5) is 43.2. The fourth-order valence-corrected chi connectivity index (χ4v) is 3.27. The van der Waals surface area contributed by atoms with Gasteiger partial charge in [0.15, 0.2) is 5.71 Å². The van der Waals surface area contributed by atoms with Crippen molar-refractivity contribution in [3.05, 3.63) is 35.9 Å². The van der Waals surface area contributed by atoms with Crippen molar-refractivity contribution >= 4 is 23.7 Å². The standard InChI is InChI=1S/C20H26N2O6/c1-4-27-18(23)14(2)21-28-20(25)22-13-9-8-12-16(22)17(19(24)26-3)15-10-6-5-7-11-15/h5-7,10-11,16-17H,4,8-9,12-13H2,1-3H3/b21-14+. The number of hydrogen-bond acceptors (Lipinski definition) is 7. The quantitative estimate of drug-likeness (QED) is 0.321. The van der Waals surface area contributed by atoms with Crippen molar-refractivity contribution in [2.24, 2.45) is 5.16 Å². The molecule has 0 spiro atoms. The lowest BCUT2D eigenvalue weighted by molar-refractivity contribution is -0.144. The Morgan fingerprint density at radius 2 is 1.93 bits per heavy atom. The van der Waals surface area contributed by atoms with E-state index < -0.39 is 30.0 Å². The Morgan fingerprint density at radius 1 is 1.21 bits per heavy atom. The average Bonchev–Trinajstić information content (AvgIpc) is 2.73. The lowest BCUT2D eigenvalue weighted by Crippen LogP contribution is -2.48. The Bertz CT molecular complexity index is 719. The molecule has 1 saturated heterocycles. The van der Waals surface area contributed by atoms with E-state index >= 15 is 0 Å². The molecule has 0 aromatic heterocycles. The minimum absolute atomic E-state index is 0.0589. The highest BCUT2D eigenvalue weighted by Crippen LogP contribution is 2.32. The van der Waals surface area contributed by atoms with Crippen LogP contribution in [0, 0.1) is 0 Å². The van der Waals surface area contributed by atoms with Gasteiger partial charge >= 0.3 is 18.0 Å². The van der Waals surface area contributed by atoms with Crippen LogP contribution in [0.2, 0.25) is 0 Å². The van der Waals surface area contributed by atoms with Gasteiger partial charge < -0.3 is 14.4 Å². The Kier molecular flexibility index (Phi) is 7.98. The maximum atomic E-state index is 12.6. The number of carbonyl (C=O) groups excluding carboxylic acids is 3. The molecule has 2 atom stereocenters. The molecule has 1 fully saturated rings. The number of ether oxygens (including phenoxy) is 2. The van der Waals surface area contributed by atoms with Gasteiger partial charge in [0.2, 0.25) is 0 Å². The number of carbonyl (C=O) groups is 3. The molecule has 8 heteroatoms. The molecular formula is C20H26N2O6. The molecule has 0 radical (unpaired) electrons. The van der Waals surface area contributed by atoms with Crippen LogP contribution in [0.4, 0.5) is 4.79 Å². The van der Waals surface area contributed by atoms with E-state index in [9.17, 15) is 14.4 Å². The number of hydrogen-bond donors (Lipinski definition) is 0. The third kappa shape index (κ3) is 5.31. The summed E-state index contributed by atoms with van der Waals surface area (Å²) in [6.07, 6.45) is 1.58. The fraction of sp³-hybridized carbons (Fsp3) is 0.500. The lowest BCUT2D eigenvalue weighted by atomic mass is 9.85. The number of rotatable bonds is 6. The van der Waals surface area contributed by atoms with Gasteiger partial charge in [-0.1, -0.05) is 35.5 Å². The highest BCUT2D eigenvalue weighted by atomic mass is 16.7. The molecule has 2 unspecified atom stereocenters. The van der Waals surface area contributed by atoms with Gasteiger partial charge in [0.25, 0.3) is 0 Å². The highest BCUT2D eigenvalue weighted by molar-refractivity contribution is 6.35. The third-order valence-electron chi connectivity index (χ3n) is 4.61. The summed E-state index contributed by atoms with van der Waals surface area (Å²) >= 11 is 0. The minimum atomic E-state index is -0.710. The molecule has 0 bridgehead atoms. The monoisotopic (exact) mass is 390 g/mol. The largest absolute Gasteiger partial charge is 0.468 e. The van der Waals surface area contributed by atoms with Crippen molar-refractivity contribution in [1.82, 2.24) is 4.90 Å². The van der Waals surface area contributed by atoms with E-state index in [1.807, 2.05) is 30.3 Å². The van der Waals surface area contributed by atoms with E-state index in [1.54, 1.807) is 6.92 Å². The maximum Gasteiger partial charge on any atom is 0.436 e. The molecular weight excluding hydrogens is 364 g/mol. The van der Waals surface area contributed by atoms with Crippen LogP contribution in [0.5, 0.6) is 0 Å². The minimum Gasteiger partial charge on any atom is -0.468 e. The van der Waals surface area contributed by atoms with Gasteiger partial charge in [-0.25, -0.2) is 9.59 Å². The molecule has 28 heavy (non-hydrogen) atoms. The number of piperidine rings is 1. The van der Waals surface area contributed by atoms with Crippen molar-refractivity contribution in [3.63, 3.8) is 0 Å². The van der Waals surface area contributed by atoms with Crippen LogP contribution in [0.25, 0.3) is 0 Å². The smallest absolute Gasteiger partial charge is 0.436 e. The molecule has 1 heterocycles. The fourth-order valence-electron chi connectivity index (χ4n) is 3.27. The van der Waals surface area contributed by atoms with Crippen LogP contribution in [0.1, 0.15) is 44.6 Å². The Morgan fingerprint density at radius 3 is 2.57 bits per heavy atom.